The summed E-state index contributed by atoms with van der Waals surface area (Å²) in [7, 11) is 0. The van der Waals surface area contributed by atoms with Crippen LogP contribution in [-0.4, -0.2) is 30.7 Å². The molecule has 1 N–H and O–H groups in total. The lowest BCUT2D eigenvalue weighted by Crippen LogP contribution is -2.42. The van der Waals surface area contributed by atoms with E-state index in [4.69, 9.17) is 16.9 Å². The predicted octanol–water partition coefficient (Wildman–Crippen LogP) is 4.29. The molecule has 26 heavy (non-hydrogen) atoms. The number of anilines is 2. The van der Waals surface area contributed by atoms with E-state index in [2.05, 4.69) is 19.9 Å². The highest BCUT2D eigenvalue weighted by Gasteiger charge is 2.21. The van der Waals surface area contributed by atoms with Crippen LogP contribution in [0, 0.1) is 11.3 Å². The van der Waals surface area contributed by atoms with Gasteiger partial charge in [-0.15, -0.1) is 0 Å². The van der Waals surface area contributed by atoms with Crippen LogP contribution in [0.1, 0.15) is 18.5 Å². The van der Waals surface area contributed by atoms with Crippen molar-refractivity contribution < 1.29 is 13.5 Å². The molecule has 1 aromatic carbocycles. The molecule has 136 valence electrons. The van der Waals surface area contributed by atoms with Crippen molar-refractivity contribution in [1.29, 1.82) is 5.26 Å². The van der Waals surface area contributed by atoms with Gasteiger partial charge < -0.3 is 15.0 Å². The fourth-order valence-electron chi connectivity index (χ4n) is 2.98. The largest absolute Gasteiger partial charge is 0.435 e. The number of nitrogens with zero attached hydrogens (tertiary/aromatic N) is 3. The predicted molar refractivity (Wildman–Crippen MR) is 95.9 cm³/mol. The molecule has 2 aromatic rings. The quantitative estimate of drug-likeness (QED) is 0.841. The van der Waals surface area contributed by atoms with Crippen molar-refractivity contribution in [2.45, 2.75) is 25.5 Å². The van der Waals surface area contributed by atoms with Crippen molar-refractivity contribution in [3.8, 4) is 11.8 Å². The van der Waals surface area contributed by atoms with Gasteiger partial charge >= 0.3 is 6.61 Å². The lowest BCUT2D eigenvalue weighted by atomic mass is 10.0. The topological polar surface area (TPSA) is 61.2 Å². The summed E-state index contributed by atoms with van der Waals surface area (Å²) in [5.41, 5.74) is 1.14. The fourth-order valence-corrected chi connectivity index (χ4v) is 3.13. The third-order valence-corrected chi connectivity index (χ3v) is 4.46. The number of nitrogens with one attached hydrogen (secondary N) is 1. The van der Waals surface area contributed by atoms with Crippen molar-refractivity contribution in [2.75, 3.05) is 23.3 Å². The van der Waals surface area contributed by atoms with Crippen LogP contribution >= 0.6 is 11.6 Å². The Morgan fingerprint density at radius 3 is 2.73 bits per heavy atom. The SMILES string of the molecule is N#Cc1nc(NC2CCCN(c3ccc(OC(F)F)cc3)C2)ccc1Cl. The van der Waals surface area contributed by atoms with Crippen LogP contribution in [0.15, 0.2) is 36.4 Å². The molecule has 5 nitrogen and oxygen atoms in total. The minimum Gasteiger partial charge on any atom is -0.435 e. The highest BCUT2D eigenvalue weighted by atomic mass is 35.5. The second-order valence-electron chi connectivity index (χ2n) is 5.94. The number of halogens is 3. The normalized spacial score (nSPS) is 17.0. The van der Waals surface area contributed by atoms with Crippen LogP contribution in [0.25, 0.3) is 0 Å². The zero-order chi connectivity index (χ0) is 18.5. The lowest BCUT2D eigenvalue weighted by molar-refractivity contribution is -0.0498. The van der Waals surface area contributed by atoms with Crippen molar-refractivity contribution >= 4 is 23.1 Å². The second-order valence-corrected chi connectivity index (χ2v) is 6.35. The first-order chi connectivity index (χ1) is 12.5. The first-order valence-corrected chi connectivity index (χ1v) is 8.56. The van der Waals surface area contributed by atoms with E-state index in [9.17, 15) is 8.78 Å². The van der Waals surface area contributed by atoms with Gasteiger partial charge in [-0.3, -0.25) is 0 Å². The zero-order valence-electron chi connectivity index (χ0n) is 13.8. The Morgan fingerprint density at radius 2 is 2.04 bits per heavy atom. The maximum absolute atomic E-state index is 12.2. The smallest absolute Gasteiger partial charge is 0.387 e. The molecule has 1 aliphatic heterocycles. The van der Waals surface area contributed by atoms with Gasteiger partial charge in [0.25, 0.3) is 0 Å². The third kappa shape index (κ3) is 4.52. The van der Waals surface area contributed by atoms with Crippen molar-refractivity contribution in [3.63, 3.8) is 0 Å². The van der Waals surface area contributed by atoms with Crippen molar-refractivity contribution in [2.24, 2.45) is 0 Å². The Morgan fingerprint density at radius 1 is 1.27 bits per heavy atom. The van der Waals surface area contributed by atoms with Gasteiger partial charge in [0.05, 0.1) is 5.02 Å². The molecule has 0 bridgehead atoms. The molecule has 1 atom stereocenters. The molecular formula is C18H17ClF2N4O. The van der Waals surface area contributed by atoms with E-state index < -0.39 is 6.61 Å². The van der Waals surface area contributed by atoms with E-state index in [1.807, 2.05) is 6.07 Å². The molecule has 3 rings (SSSR count). The summed E-state index contributed by atoms with van der Waals surface area (Å²) in [6, 6.07) is 12.1. The van der Waals surface area contributed by atoms with E-state index in [-0.39, 0.29) is 17.5 Å². The second kappa shape index (κ2) is 8.19. The summed E-state index contributed by atoms with van der Waals surface area (Å²) in [5, 5.41) is 12.7. The van der Waals surface area contributed by atoms with Gasteiger partial charge in [-0.1, -0.05) is 11.6 Å². The number of hydrogen-bond donors (Lipinski definition) is 1. The van der Waals surface area contributed by atoms with Crippen LogP contribution in [0.4, 0.5) is 20.3 Å². The van der Waals surface area contributed by atoms with E-state index >= 15 is 0 Å². The maximum Gasteiger partial charge on any atom is 0.387 e. The molecule has 0 aliphatic carbocycles. The number of hydrogen-bond acceptors (Lipinski definition) is 5. The molecule has 1 unspecified atom stereocenters. The molecule has 2 heterocycles. The van der Waals surface area contributed by atoms with E-state index in [1.165, 1.54) is 0 Å². The van der Waals surface area contributed by atoms with E-state index in [0.717, 1.165) is 31.6 Å². The Labute approximate surface area is 155 Å². The minimum absolute atomic E-state index is 0.143. The molecular weight excluding hydrogens is 362 g/mol. The molecule has 1 fully saturated rings. The summed E-state index contributed by atoms with van der Waals surface area (Å²) < 4.78 is 28.9. The number of piperidine rings is 1. The van der Waals surface area contributed by atoms with Crippen molar-refractivity contribution in [3.05, 3.63) is 47.1 Å². The summed E-state index contributed by atoms with van der Waals surface area (Å²) in [6.45, 7) is -1.21. The number of pyridine rings is 1. The van der Waals surface area contributed by atoms with E-state index in [0.29, 0.717) is 10.8 Å². The molecule has 0 saturated carbocycles. The first kappa shape index (κ1) is 18.2. The monoisotopic (exact) mass is 378 g/mol. The number of nitriles is 1. The zero-order valence-corrected chi connectivity index (χ0v) is 14.6. The number of aromatic nitrogens is 1. The number of ether oxygens (including phenoxy) is 1. The van der Waals surface area contributed by atoms with Gasteiger partial charge in [0.1, 0.15) is 17.6 Å². The molecule has 8 heteroatoms. The molecule has 0 spiro atoms. The highest BCUT2D eigenvalue weighted by Crippen LogP contribution is 2.25. The molecule has 1 aromatic heterocycles. The Hall–Kier alpha value is -2.59. The summed E-state index contributed by atoms with van der Waals surface area (Å²) in [6.07, 6.45) is 1.95. The number of alkyl halides is 2. The Kier molecular flexibility index (Phi) is 5.74. The van der Waals surface area contributed by atoms with Crippen molar-refractivity contribution in [1.82, 2.24) is 4.98 Å². The minimum atomic E-state index is -2.82. The number of rotatable bonds is 5. The Bertz CT molecular complexity index is 795. The lowest BCUT2D eigenvalue weighted by Gasteiger charge is -2.35. The first-order valence-electron chi connectivity index (χ1n) is 8.18. The highest BCUT2D eigenvalue weighted by molar-refractivity contribution is 6.31. The fraction of sp³-hybridized carbons (Fsp3) is 0.333. The van der Waals surface area contributed by atoms with Gasteiger partial charge in [-0.25, -0.2) is 4.98 Å². The maximum atomic E-state index is 12.2. The Balaban J connectivity index is 1.65. The van der Waals surface area contributed by atoms with Crippen LogP contribution in [0.5, 0.6) is 5.75 Å². The van der Waals surface area contributed by atoms with Crippen LogP contribution in [0.2, 0.25) is 5.02 Å². The van der Waals surface area contributed by atoms with Crippen LogP contribution < -0.4 is 15.0 Å². The summed E-state index contributed by atoms with van der Waals surface area (Å²) in [5.74, 6) is 0.753. The summed E-state index contributed by atoms with van der Waals surface area (Å²) >= 11 is 5.91. The molecule has 1 aliphatic rings. The van der Waals surface area contributed by atoms with Gasteiger partial charge in [-0.05, 0) is 49.2 Å². The summed E-state index contributed by atoms with van der Waals surface area (Å²) in [4.78, 5) is 6.39. The van der Waals surface area contributed by atoms with E-state index in [1.54, 1.807) is 36.4 Å². The van der Waals surface area contributed by atoms with Gasteiger partial charge in [0, 0.05) is 24.8 Å². The molecule has 1 saturated heterocycles. The van der Waals surface area contributed by atoms with Gasteiger partial charge in [0.15, 0.2) is 5.69 Å². The van der Waals surface area contributed by atoms with Crippen LogP contribution in [-0.2, 0) is 0 Å². The van der Waals surface area contributed by atoms with Gasteiger partial charge in [-0.2, -0.15) is 14.0 Å². The molecule has 0 radical (unpaired) electrons. The standard InChI is InChI=1S/C18H17ClF2N4O/c19-15-7-8-17(24-16(15)10-22)23-12-2-1-9-25(11-12)13-3-5-14(6-4-13)26-18(20)21/h3-8,12,18H,1-2,9,11H2,(H,23,24). The average Bonchev–Trinajstić information content (AvgIpc) is 2.64. The van der Waals surface area contributed by atoms with Gasteiger partial charge in [0.2, 0.25) is 0 Å². The number of benzene rings is 1. The molecule has 0 amide bonds. The third-order valence-electron chi connectivity index (χ3n) is 4.15. The average molecular weight is 379 g/mol. The van der Waals surface area contributed by atoms with Crippen LogP contribution in [0.3, 0.4) is 0 Å².